The lowest BCUT2D eigenvalue weighted by atomic mass is 10.3. The van der Waals surface area contributed by atoms with Crippen LogP contribution in [0.1, 0.15) is 18.4 Å². The molecule has 1 N–H and O–H groups in total. The van der Waals surface area contributed by atoms with E-state index in [0.29, 0.717) is 11.6 Å². The molecule has 0 atom stereocenters. The predicted molar refractivity (Wildman–Crippen MR) is 103 cm³/mol. The summed E-state index contributed by atoms with van der Waals surface area (Å²) in [4.78, 5) is 16.6. The Morgan fingerprint density at radius 3 is 2.60 bits per heavy atom. The van der Waals surface area contributed by atoms with E-state index in [4.69, 9.17) is 11.6 Å². The van der Waals surface area contributed by atoms with E-state index in [-0.39, 0.29) is 5.91 Å². The van der Waals surface area contributed by atoms with Crippen LogP contribution in [0.2, 0.25) is 5.02 Å². The van der Waals surface area contributed by atoms with Gasteiger partial charge in [0.15, 0.2) is 0 Å². The average molecular weight is 380 g/mol. The monoisotopic (exact) mass is 379 g/mol. The minimum absolute atomic E-state index is 0.00285. The van der Waals surface area contributed by atoms with Gasteiger partial charge in [0, 0.05) is 43.3 Å². The molecule has 25 heavy (non-hydrogen) atoms. The molecule has 134 valence electrons. The van der Waals surface area contributed by atoms with Crippen LogP contribution in [-0.4, -0.2) is 53.7 Å². The van der Waals surface area contributed by atoms with Gasteiger partial charge in [-0.1, -0.05) is 29.9 Å². The fraction of sp³-hybridized carbons (Fsp3) is 0.471. The standard InChI is InChI=1S/C17H22ClN5OS/c1-2-3-16-20-21-17(25-16)23-10-8-22(9-11-23)12-15(24)19-14-6-4-13(18)5-7-14/h4-7H,2-3,8-12H2,1H3,(H,19,24). The molecule has 1 fully saturated rings. The van der Waals surface area contributed by atoms with E-state index >= 15 is 0 Å². The normalized spacial score (nSPS) is 15.4. The molecule has 1 aliphatic heterocycles. The first-order chi connectivity index (χ1) is 12.1. The first kappa shape index (κ1) is 18.1. The van der Waals surface area contributed by atoms with Gasteiger partial charge < -0.3 is 10.2 Å². The second-order valence-electron chi connectivity index (χ2n) is 6.05. The Morgan fingerprint density at radius 2 is 1.92 bits per heavy atom. The van der Waals surface area contributed by atoms with Crippen molar-refractivity contribution in [1.82, 2.24) is 15.1 Å². The molecule has 1 aliphatic rings. The molecule has 0 spiro atoms. The van der Waals surface area contributed by atoms with Crippen molar-refractivity contribution in [3.8, 4) is 0 Å². The van der Waals surface area contributed by atoms with Crippen LogP contribution in [0.25, 0.3) is 0 Å². The molecule has 1 aromatic heterocycles. The van der Waals surface area contributed by atoms with Gasteiger partial charge in [0.25, 0.3) is 0 Å². The number of anilines is 2. The summed E-state index contributed by atoms with van der Waals surface area (Å²) in [5, 5.41) is 14.2. The van der Waals surface area contributed by atoms with Crippen LogP contribution in [-0.2, 0) is 11.2 Å². The number of rotatable bonds is 6. The van der Waals surface area contributed by atoms with Crippen LogP contribution in [0.3, 0.4) is 0 Å². The second kappa shape index (κ2) is 8.60. The molecule has 1 saturated heterocycles. The zero-order valence-corrected chi connectivity index (χ0v) is 15.8. The molecule has 1 aromatic carbocycles. The number of benzene rings is 1. The van der Waals surface area contributed by atoms with Crippen LogP contribution < -0.4 is 10.2 Å². The largest absolute Gasteiger partial charge is 0.344 e. The highest BCUT2D eigenvalue weighted by Crippen LogP contribution is 2.22. The summed E-state index contributed by atoms with van der Waals surface area (Å²) < 4.78 is 0. The van der Waals surface area contributed by atoms with Crippen LogP contribution in [0, 0.1) is 0 Å². The number of amides is 1. The molecule has 2 heterocycles. The van der Waals surface area contributed by atoms with E-state index in [1.165, 1.54) is 0 Å². The summed E-state index contributed by atoms with van der Waals surface area (Å²) in [5.41, 5.74) is 0.769. The molecule has 0 unspecified atom stereocenters. The summed E-state index contributed by atoms with van der Waals surface area (Å²) in [6.07, 6.45) is 2.08. The first-order valence-corrected chi connectivity index (χ1v) is 9.68. The third-order valence-corrected chi connectivity index (χ3v) is 5.35. The Kier molecular flexibility index (Phi) is 6.23. The van der Waals surface area contributed by atoms with Crippen LogP contribution in [0.5, 0.6) is 0 Å². The zero-order chi connectivity index (χ0) is 17.6. The van der Waals surface area contributed by atoms with Crippen molar-refractivity contribution in [1.29, 1.82) is 0 Å². The summed E-state index contributed by atoms with van der Waals surface area (Å²) in [7, 11) is 0. The van der Waals surface area contributed by atoms with Crippen molar-refractivity contribution in [2.45, 2.75) is 19.8 Å². The lowest BCUT2D eigenvalue weighted by molar-refractivity contribution is -0.117. The number of nitrogens with zero attached hydrogens (tertiary/aromatic N) is 4. The number of aryl methyl sites for hydroxylation is 1. The third-order valence-electron chi connectivity index (χ3n) is 4.06. The number of carbonyl (C=O) groups is 1. The van der Waals surface area contributed by atoms with Crippen molar-refractivity contribution in [2.75, 3.05) is 42.9 Å². The minimum Gasteiger partial charge on any atom is -0.344 e. The fourth-order valence-electron chi connectivity index (χ4n) is 2.72. The lowest BCUT2D eigenvalue weighted by Crippen LogP contribution is -2.48. The van der Waals surface area contributed by atoms with Crippen molar-refractivity contribution >= 4 is 39.7 Å². The highest BCUT2D eigenvalue weighted by Gasteiger charge is 2.21. The maximum Gasteiger partial charge on any atom is 0.238 e. The average Bonchev–Trinajstić information content (AvgIpc) is 3.07. The van der Waals surface area contributed by atoms with Gasteiger partial charge in [-0.05, 0) is 30.7 Å². The molecule has 0 bridgehead atoms. The second-order valence-corrected chi connectivity index (χ2v) is 7.52. The predicted octanol–water partition coefficient (Wildman–Crippen LogP) is 2.90. The Bertz CT molecular complexity index is 697. The van der Waals surface area contributed by atoms with E-state index in [2.05, 4.69) is 32.2 Å². The van der Waals surface area contributed by atoms with Gasteiger partial charge in [-0.2, -0.15) is 0 Å². The van der Waals surface area contributed by atoms with Gasteiger partial charge in [-0.15, -0.1) is 10.2 Å². The Labute approximate surface area is 156 Å². The maximum absolute atomic E-state index is 12.2. The van der Waals surface area contributed by atoms with Gasteiger partial charge in [0.05, 0.1) is 6.54 Å². The van der Waals surface area contributed by atoms with E-state index < -0.39 is 0 Å². The van der Waals surface area contributed by atoms with Crippen molar-refractivity contribution in [3.05, 3.63) is 34.3 Å². The number of aromatic nitrogens is 2. The lowest BCUT2D eigenvalue weighted by Gasteiger charge is -2.33. The highest BCUT2D eigenvalue weighted by atomic mass is 35.5. The van der Waals surface area contributed by atoms with E-state index in [1.807, 2.05) is 12.1 Å². The molecule has 0 radical (unpaired) electrons. The number of piperazine rings is 1. The molecule has 3 rings (SSSR count). The topological polar surface area (TPSA) is 61.4 Å². The molecule has 8 heteroatoms. The van der Waals surface area contributed by atoms with Gasteiger partial charge in [-0.3, -0.25) is 9.69 Å². The molecule has 2 aromatic rings. The fourth-order valence-corrected chi connectivity index (χ4v) is 3.84. The van der Waals surface area contributed by atoms with Gasteiger partial charge in [0.2, 0.25) is 11.0 Å². The van der Waals surface area contributed by atoms with E-state index in [1.54, 1.807) is 23.5 Å². The summed E-state index contributed by atoms with van der Waals surface area (Å²) >= 11 is 7.53. The summed E-state index contributed by atoms with van der Waals surface area (Å²) in [5.74, 6) is -0.00285. The van der Waals surface area contributed by atoms with Crippen molar-refractivity contribution in [3.63, 3.8) is 0 Å². The molecular formula is C17H22ClN5OS. The van der Waals surface area contributed by atoms with Gasteiger partial charge >= 0.3 is 0 Å². The Balaban J connectivity index is 1.45. The van der Waals surface area contributed by atoms with Crippen LogP contribution in [0.15, 0.2) is 24.3 Å². The first-order valence-electron chi connectivity index (χ1n) is 8.49. The van der Waals surface area contributed by atoms with Gasteiger partial charge in [-0.25, -0.2) is 0 Å². The zero-order valence-electron chi connectivity index (χ0n) is 14.2. The Morgan fingerprint density at radius 1 is 1.20 bits per heavy atom. The van der Waals surface area contributed by atoms with Crippen LogP contribution >= 0.6 is 22.9 Å². The molecule has 0 aliphatic carbocycles. The van der Waals surface area contributed by atoms with Crippen LogP contribution in [0.4, 0.5) is 10.8 Å². The van der Waals surface area contributed by atoms with Crippen molar-refractivity contribution in [2.24, 2.45) is 0 Å². The number of nitrogens with one attached hydrogen (secondary N) is 1. The van der Waals surface area contributed by atoms with Crippen molar-refractivity contribution < 1.29 is 4.79 Å². The molecule has 1 amide bonds. The SMILES string of the molecule is CCCc1nnc(N2CCN(CC(=O)Nc3ccc(Cl)cc3)CC2)s1. The highest BCUT2D eigenvalue weighted by molar-refractivity contribution is 7.15. The number of hydrogen-bond donors (Lipinski definition) is 1. The maximum atomic E-state index is 12.2. The number of hydrogen-bond acceptors (Lipinski definition) is 6. The van der Waals surface area contributed by atoms with E-state index in [9.17, 15) is 4.79 Å². The number of halogens is 1. The Hall–Kier alpha value is -1.70. The molecular weight excluding hydrogens is 358 g/mol. The third kappa shape index (κ3) is 5.14. The van der Waals surface area contributed by atoms with Gasteiger partial charge in [0.1, 0.15) is 5.01 Å². The quantitative estimate of drug-likeness (QED) is 0.836. The number of carbonyl (C=O) groups excluding carboxylic acids is 1. The smallest absolute Gasteiger partial charge is 0.238 e. The minimum atomic E-state index is -0.00285. The molecule has 6 nitrogen and oxygen atoms in total. The summed E-state index contributed by atoms with van der Waals surface area (Å²) in [6.45, 7) is 5.97. The van der Waals surface area contributed by atoms with E-state index in [0.717, 1.165) is 54.8 Å². The molecule has 0 saturated carbocycles. The summed E-state index contributed by atoms with van der Waals surface area (Å²) in [6, 6.07) is 7.15.